The third-order valence-corrected chi connectivity index (χ3v) is 3.17. The zero-order valence-electron chi connectivity index (χ0n) is 11.1. The summed E-state index contributed by atoms with van der Waals surface area (Å²) in [6.45, 7) is 6.34. The van der Waals surface area contributed by atoms with Crippen molar-refractivity contribution >= 4 is 0 Å². The van der Waals surface area contributed by atoms with E-state index in [4.69, 9.17) is 0 Å². The van der Waals surface area contributed by atoms with Crippen LogP contribution in [-0.2, 0) is 13.0 Å². The van der Waals surface area contributed by atoms with Gasteiger partial charge >= 0.3 is 0 Å². The molecule has 18 heavy (non-hydrogen) atoms. The molecule has 0 saturated carbocycles. The van der Waals surface area contributed by atoms with E-state index in [0.29, 0.717) is 6.04 Å². The molecule has 3 heteroatoms. The van der Waals surface area contributed by atoms with Crippen LogP contribution < -0.4 is 5.32 Å². The Labute approximate surface area is 109 Å². The maximum absolute atomic E-state index is 4.14. The van der Waals surface area contributed by atoms with Gasteiger partial charge < -0.3 is 9.88 Å². The fourth-order valence-electron chi connectivity index (χ4n) is 2.08. The summed E-state index contributed by atoms with van der Waals surface area (Å²) < 4.78 is 2.25. The van der Waals surface area contributed by atoms with E-state index in [0.717, 1.165) is 19.5 Å². The van der Waals surface area contributed by atoms with Gasteiger partial charge in [0.2, 0.25) is 0 Å². The molecule has 1 unspecified atom stereocenters. The van der Waals surface area contributed by atoms with Crippen LogP contribution in [0.25, 0.3) is 0 Å². The highest BCUT2D eigenvalue weighted by Crippen LogP contribution is 2.12. The topological polar surface area (TPSA) is 29.9 Å². The third-order valence-electron chi connectivity index (χ3n) is 3.17. The first kappa shape index (κ1) is 12.8. The molecule has 0 aliphatic rings. The molecule has 0 aliphatic heterocycles. The summed E-state index contributed by atoms with van der Waals surface area (Å²) in [6, 6.07) is 6.73. The van der Waals surface area contributed by atoms with E-state index in [9.17, 15) is 0 Å². The van der Waals surface area contributed by atoms with Crippen LogP contribution in [0.2, 0.25) is 0 Å². The van der Waals surface area contributed by atoms with E-state index < -0.39 is 0 Å². The van der Waals surface area contributed by atoms with Gasteiger partial charge in [-0.05, 0) is 43.1 Å². The predicted octanol–water partition coefficient (Wildman–Crippen LogP) is 2.80. The van der Waals surface area contributed by atoms with E-state index in [1.165, 1.54) is 11.1 Å². The molecule has 2 aromatic heterocycles. The fourth-order valence-corrected chi connectivity index (χ4v) is 2.08. The van der Waals surface area contributed by atoms with Crippen LogP contribution in [0.15, 0.2) is 43.0 Å². The largest absolute Gasteiger partial charge is 0.354 e. The minimum absolute atomic E-state index is 0.426. The van der Waals surface area contributed by atoms with Gasteiger partial charge in [0.25, 0.3) is 0 Å². The summed E-state index contributed by atoms with van der Waals surface area (Å²) in [5, 5.41) is 3.43. The van der Waals surface area contributed by atoms with Crippen LogP contribution in [0.4, 0.5) is 0 Å². The Kier molecular flexibility index (Phi) is 4.53. The second kappa shape index (κ2) is 6.36. The molecular formula is C15H21N3. The maximum atomic E-state index is 4.14. The lowest BCUT2D eigenvalue weighted by Crippen LogP contribution is -2.17. The summed E-state index contributed by atoms with van der Waals surface area (Å²) in [5.41, 5.74) is 2.63. The summed E-state index contributed by atoms with van der Waals surface area (Å²) >= 11 is 0. The van der Waals surface area contributed by atoms with Crippen molar-refractivity contribution in [1.82, 2.24) is 14.9 Å². The molecule has 0 aliphatic carbocycles. The molecule has 2 rings (SSSR count). The normalized spacial score (nSPS) is 12.6. The van der Waals surface area contributed by atoms with Crippen LogP contribution in [0.5, 0.6) is 0 Å². The minimum Gasteiger partial charge on any atom is -0.354 e. The van der Waals surface area contributed by atoms with Crippen molar-refractivity contribution in [2.24, 2.45) is 0 Å². The van der Waals surface area contributed by atoms with E-state index in [2.05, 4.69) is 53.2 Å². The fraction of sp³-hybridized carbons (Fsp3) is 0.400. The second-order valence-corrected chi connectivity index (χ2v) is 4.57. The van der Waals surface area contributed by atoms with Crippen LogP contribution in [0, 0.1) is 0 Å². The number of hydrogen-bond acceptors (Lipinski definition) is 2. The van der Waals surface area contributed by atoms with Gasteiger partial charge in [-0.1, -0.05) is 13.0 Å². The lowest BCUT2D eigenvalue weighted by molar-refractivity contribution is 0.594. The average Bonchev–Trinajstić information content (AvgIpc) is 2.87. The molecule has 0 fully saturated rings. The van der Waals surface area contributed by atoms with Gasteiger partial charge in [0.15, 0.2) is 0 Å². The number of pyridine rings is 1. The zero-order valence-corrected chi connectivity index (χ0v) is 11.1. The van der Waals surface area contributed by atoms with Gasteiger partial charge in [0, 0.05) is 37.4 Å². The second-order valence-electron chi connectivity index (χ2n) is 4.57. The van der Waals surface area contributed by atoms with Crippen molar-refractivity contribution in [3.8, 4) is 0 Å². The van der Waals surface area contributed by atoms with E-state index in [1.807, 2.05) is 18.5 Å². The maximum Gasteiger partial charge on any atom is 0.0306 e. The summed E-state index contributed by atoms with van der Waals surface area (Å²) in [6.07, 6.45) is 9.15. The highest BCUT2D eigenvalue weighted by atomic mass is 15.0. The molecule has 1 N–H and O–H groups in total. The third kappa shape index (κ3) is 3.44. The number of aromatic nitrogens is 2. The SMILES string of the molecule is CCNC(C)c1ccn(CCc2cccnc2)c1. The molecule has 2 aromatic rings. The van der Waals surface area contributed by atoms with Gasteiger partial charge in [0.1, 0.15) is 0 Å². The molecule has 0 bridgehead atoms. The Morgan fingerprint density at radius 2 is 2.28 bits per heavy atom. The molecule has 96 valence electrons. The lowest BCUT2D eigenvalue weighted by atomic mass is 10.2. The van der Waals surface area contributed by atoms with Crippen molar-refractivity contribution in [2.45, 2.75) is 32.9 Å². The highest BCUT2D eigenvalue weighted by molar-refractivity contribution is 5.15. The van der Waals surface area contributed by atoms with Crippen molar-refractivity contribution < 1.29 is 0 Å². The molecule has 0 radical (unpaired) electrons. The highest BCUT2D eigenvalue weighted by Gasteiger charge is 2.05. The van der Waals surface area contributed by atoms with Crippen molar-refractivity contribution in [2.75, 3.05) is 6.54 Å². The monoisotopic (exact) mass is 243 g/mol. The van der Waals surface area contributed by atoms with Gasteiger partial charge in [0.05, 0.1) is 0 Å². The van der Waals surface area contributed by atoms with E-state index >= 15 is 0 Å². The first-order chi connectivity index (χ1) is 8.79. The van der Waals surface area contributed by atoms with E-state index in [1.54, 1.807) is 0 Å². The molecular weight excluding hydrogens is 222 g/mol. The predicted molar refractivity (Wildman–Crippen MR) is 74.5 cm³/mol. The first-order valence-electron chi connectivity index (χ1n) is 6.57. The van der Waals surface area contributed by atoms with Crippen molar-refractivity contribution in [3.63, 3.8) is 0 Å². The Bertz CT molecular complexity index is 462. The summed E-state index contributed by atoms with van der Waals surface area (Å²) in [7, 11) is 0. The summed E-state index contributed by atoms with van der Waals surface area (Å²) in [5.74, 6) is 0. The van der Waals surface area contributed by atoms with Gasteiger partial charge in [-0.2, -0.15) is 0 Å². The van der Waals surface area contributed by atoms with E-state index in [-0.39, 0.29) is 0 Å². The Morgan fingerprint density at radius 3 is 3.00 bits per heavy atom. The standard InChI is InChI=1S/C15H21N3/c1-3-17-13(2)15-7-10-18(12-15)9-6-14-5-4-8-16-11-14/h4-5,7-8,10-13,17H,3,6,9H2,1-2H3. The number of aryl methyl sites for hydroxylation is 2. The molecule has 2 heterocycles. The van der Waals surface area contributed by atoms with Crippen molar-refractivity contribution in [3.05, 3.63) is 54.1 Å². The molecule has 1 atom stereocenters. The molecule has 0 spiro atoms. The molecule has 0 aromatic carbocycles. The van der Waals surface area contributed by atoms with Gasteiger partial charge in [-0.25, -0.2) is 0 Å². The van der Waals surface area contributed by atoms with Crippen LogP contribution in [0.3, 0.4) is 0 Å². The van der Waals surface area contributed by atoms with Gasteiger partial charge in [-0.3, -0.25) is 4.98 Å². The summed E-state index contributed by atoms with van der Waals surface area (Å²) in [4.78, 5) is 4.14. The smallest absolute Gasteiger partial charge is 0.0306 e. The molecule has 3 nitrogen and oxygen atoms in total. The average molecular weight is 243 g/mol. The van der Waals surface area contributed by atoms with Crippen LogP contribution >= 0.6 is 0 Å². The quantitative estimate of drug-likeness (QED) is 0.845. The first-order valence-corrected chi connectivity index (χ1v) is 6.57. The van der Waals surface area contributed by atoms with Crippen LogP contribution in [0.1, 0.15) is 31.0 Å². The minimum atomic E-state index is 0.426. The van der Waals surface area contributed by atoms with Gasteiger partial charge in [-0.15, -0.1) is 0 Å². The lowest BCUT2D eigenvalue weighted by Gasteiger charge is -2.09. The molecule has 0 amide bonds. The molecule has 0 saturated heterocycles. The zero-order chi connectivity index (χ0) is 12.8. The Hall–Kier alpha value is -1.61. The Morgan fingerprint density at radius 1 is 1.39 bits per heavy atom. The number of rotatable bonds is 6. The number of nitrogens with one attached hydrogen (secondary N) is 1. The Balaban J connectivity index is 1.91. The number of nitrogens with zero attached hydrogens (tertiary/aromatic N) is 2. The van der Waals surface area contributed by atoms with Crippen molar-refractivity contribution in [1.29, 1.82) is 0 Å². The van der Waals surface area contributed by atoms with Crippen LogP contribution in [-0.4, -0.2) is 16.1 Å². The number of hydrogen-bond donors (Lipinski definition) is 1.